The number of carbonyl (C=O) groups excluding carboxylic acids is 1. The predicted molar refractivity (Wildman–Crippen MR) is 42.1 cm³/mol. The van der Waals surface area contributed by atoms with Gasteiger partial charge < -0.3 is 9.64 Å². The molecule has 1 saturated heterocycles. The number of ether oxygens (including phenoxy) is 1. The maximum atomic E-state index is 11.1. The van der Waals surface area contributed by atoms with E-state index in [1.54, 1.807) is 4.90 Å². The summed E-state index contributed by atoms with van der Waals surface area (Å²) < 4.78 is 5.07. The molecule has 3 heteroatoms. The van der Waals surface area contributed by atoms with E-state index in [4.69, 9.17) is 4.74 Å². The molecule has 1 unspecified atom stereocenters. The highest BCUT2D eigenvalue weighted by atomic mass is 16.6. The molecular weight excluding hydrogens is 142 g/mol. The van der Waals surface area contributed by atoms with Crippen molar-refractivity contribution in [3.8, 4) is 0 Å². The quantitative estimate of drug-likeness (QED) is 0.605. The van der Waals surface area contributed by atoms with Crippen LogP contribution in [-0.4, -0.2) is 30.2 Å². The summed E-state index contributed by atoms with van der Waals surface area (Å²) in [6.45, 7) is 5.39. The topological polar surface area (TPSA) is 29.5 Å². The minimum Gasteiger partial charge on any atom is -0.446 e. The lowest BCUT2D eigenvalue weighted by Crippen LogP contribution is -2.43. The Morgan fingerprint density at radius 3 is 2.73 bits per heavy atom. The molecule has 1 heterocycles. The number of hydrogen-bond donors (Lipinski definition) is 0. The van der Waals surface area contributed by atoms with Crippen LogP contribution < -0.4 is 0 Å². The van der Waals surface area contributed by atoms with Crippen LogP contribution in [0.3, 0.4) is 0 Å². The zero-order valence-electron chi connectivity index (χ0n) is 7.04. The molecule has 1 amide bonds. The maximum Gasteiger partial charge on any atom is 0.410 e. The zero-order chi connectivity index (χ0) is 8.27. The van der Waals surface area contributed by atoms with Crippen LogP contribution in [0.2, 0.25) is 0 Å². The second-order valence-electron chi connectivity index (χ2n) is 2.80. The van der Waals surface area contributed by atoms with E-state index < -0.39 is 0 Å². The summed E-state index contributed by atoms with van der Waals surface area (Å²) in [4.78, 5) is 12.8. The second kappa shape index (κ2) is 3.60. The van der Waals surface area contributed by atoms with Crippen molar-refractivity contribution >= 4 is 6.09 Å². The zero-order valence-corrected chi connectivity index (χ0v) is 7.04. The molecule has 0 N–H and O–H groups in total. The van der Waals surface area contributed by atoms with E-state index in [0.717, 1.165) is 19.5 Å². The van der Waals surface area contributed by atoms with E-state index in [1.165, 1.54) is 0 Å². The molecule has 11 heavy (non-hydrogen) atoms. The fourth-order valence-electron chi connectivity index (χ4n) is 0.737. The van der Waals surface area contributed by atoms with Crippen LogP contribution in [0.4, 0.5) is 4.79 Å². The minimum atomic E-state index is -0.179. The van der Waals surface area contributed by atoms with Crippen molar-refractivity contribution in [3.05, 3.63) is 6.42 Å². The van der Waals surface area contributed by atoms with Crippen LogP contribution in [0.5, 0.6) is 0 Å². The predicted octanol–water partition coefficient (Wildman–Crippen LogP) is 1.44. The first-order valence-electron chi connectivity index (χ1n) is 4.01. The van der Waals surface area contributed by atoms with E-state index in [9.17, 15) is 4.79 Å². The van der Waals surface area contributed by atoms with Gasteiger partial charge in [0.2, 0.25) is 0 Å². The molecule has 1 atom stereocenters. The third-order valence-electron chi connectivity index (χ3n) is 1.83. The monoisotopic (exact) mass is 156 g/mol. The van der Waals surface area contributed by atoms with Gasteiger partial charge in [0.1, 0.15) is 6.10 Å². The Morgan fingerprint density at radius 2 is 2.36 bits per heavy atom. The third kappa shape index (κ3) is 2.10. The Bertz CT molecular complexity index is 143. The van der Waals surface area contributed by atoms with E-state index in [0.29, 0.717) is 0 Å². The summed E-state index contributed by atoms with van der Waals surface area (Å²) in [5, 5.41) is 0. The van der Waals surface area contributed by atoms with Gasteiger partial charge in [-0.2, -0.15) is 0 Å². The van der Waals surface area contributed by atoms with Crippen molar-refractivity contribution in [2.45, 2.75) is 26.4 Å². The molecule has 1 aliphatic heterocycles. The SMILES string of the molecule is CCC(C)OC(=O)N1C[CH]C1. The van der Waals surface area contributed by atoms with E-state index in [2.05, 4.69) is 0 Å². The van der Waals surface area contributed by atoms with Crippen molar-refractivity contribution in [2.24, 2.45) is 0 Å². The van der Waals surface area contributed by atoms with E-state index >= 15 is 0 Å². The largest absolute Gasteiger partial charge is 0.446 e. The number of rotatable bonds is 2. The van der Waals surface area contributed by atoms with Crippen LogP contribution in [0.25, 0.3) is 0 Å². The van der Waals surface area contributed by atoms with Gasteiger partial charge in [-0.1, -0.05) is 6.92 Å². The first-order chi connectivity index (χ1) is 5.24. The minimum absolute atomic E-state index is 0.0445. The molecule has 1 radical (unpaired) electrons. The Morgan fingerprint density at radius 1 is 1.73 bits per heavy atom. The molecule has 0 aromatic carbocycles. The van der Waals surface area contributed by atoms with E-state index in [-0.39, 0.29) is 12.2 Å². The van der Waals surface area contributed by atoms with Gasteiger partial charge in [0.05, 0.1) is 0 Å². The fraction of sp³-hybridized carbons (Fsp3) is 0.750. The van der Waals surface area contributed by atoms with Gasteiger partial charge in [-0.05, 0) is 13.3 Å². The fourth-order valence-corrected chi connectivity index (χ4v) is 0.737. The van der Waals surface area contributed by atoms with Crippen LogP contribution >= 0.6 is 0 Å². The van der Waals surface area contributed by atoms with Gasteiger partial charge in [-0.15, -0.1) is 0 Å². The van der Waals surface area contributed by atoms with Crippen molar-refractivity contribution in [1.82, 2.24) is 4.90 Å². The summed E-state index contributed by atoms with van der Waals surface area (Å²) in [6.07, 6.45) is 2.78. The average molecular weight is 156 g/mol. The Labute approximate surface area is 67.3 Å². The van der Waals surface area contributed by atoms with Crippen LogP contribution in [0.15, 0.2) is 0 Å². The van der Waals surface area contributed by atoms with Gasteiger partial charge in [-0.25, -0.2) is 4.79 Å². The molecule has 0 aromatic rings. The average Bonchev–Trinajstić information content (AvgIpc) is 1.83. The standard InChI is InChI=1S/C8H14NO2/c1-3-7(2)11-8(10)9-5-4-6-9/h4,7H,3,5-6H2,1-2H3. The maximum absolute atomic E-state index is 11.1. The summed E-state index contributed by atoms with van der Waals surface area (Å²) in [5.41, 5.74) is 0. The second-order valence-corrected chi connectivity index (χ2v) is 2.80. The van der Waals surface area contributed by atoms with Crippen LogP contribution in [0, 0.1) is 6.42 Å². The Kier molecular flexibility index (Phi) is 2.74. The summed E-state index contributed by atoms with van der Waals surface area (Å²) in [5.74, 6) is 0. The summed E-state index contributed by atoms with van der Waals surface area (Å²) >= 11 is 0. The van der Waals surface area contributed by atoms with Gasteiger partial charge in [0.15, 0.2) is 0 Å². The number of amides is 1. The molecule has 63 valence electrons. The molecule has 1 rings (SSSR count). The number of likely N-dealkylation sites (tertiary alicyclic amines) is 1. The molecule has 0 aliphatic carbocycles. The van der Waals surface area contributed by atoms with Gasteiger partial charge in [0, 0.05) is 19.5 Å². The molecular formula is C8H14NO2. The summed E-state index contributed by atoms with van der Waals surface area (Å²) in [6, 6.07) is 0. The molecule has 0 aromatic heterocycles. The molecule has 0 saturated carbocycles. The van der Waals surface area contributed by atoms with Crippen molar-refractivity contribution in [2.75, 3.05) is 13.1 Å². The highest BCUT2D eigenvalue weighted by molar-refractivity contribution is 5.69. The molecule has 1 fully saturated rings. The van der Waals surface area contributed by atoms with Gasteiger partial charge >= 0.3 is 6.09 Å². The first-order valence-corrected chi connectivity index (χ1v) is 4.01. The van der Waals surface area contributed by atoms with E-state index in [1.807, 2.05) is 20.3 Å². The molecule has 0 bridgehead atoms. The van der Waals surface area contributed by atoms with Gasteiger partial charge in [0.25, 0.3) is 0 Å². The lowest BCUT2D eigenvalue weighted by molar-refractivity contribution is 0.0626. The first kappa shape index (κ1) is 8.37. The van der Waals surface area contributed by atoms with Crippen molar-refractivity contribution in [1.29, 1.82) is 0 Å². The Hall–Kier alpha value is -0.730. The number of nitrogens with zero attached hydrogens (tertiary/aromatic N) is 1. The number of hydrogen-bond acceptors (Lipinski definition) is 2. The Balaban J connectivity index is 2.19. The van der Waals surface area contributed by atoms with Crippen molar-refractivity contribution < 1.29 is 9.53 Å². The molecule has 0 spiro atoms. The highest BCUT2D eigenvalue weighted by Gasteiger charge is 2.22. The van der Waals surface area contributed by atoms with Gasteiger partial charge in [-0.3, -0.25) is 0 Å². The van der Waals surface area contributed by atoms with Crippen LogP contribution in [0.1, 0.15) is 20.3 Å². The third-order valence-corrected chi connectivity index (χ3v) is 1.83. The lowest BCUT2D eigenvalue weighted by Gasteiger charge is -2.30. The summed E-state index contributed by atoms with van der Waals surface area (Å²) in [7, 11) is 0. The van der Waals surface area contributed by atoms with Crippen LogP contribution in [-0.2, 0) is 4.74 Å². The smallest absolute Gasteiger partial charge is 0.410 e. The lowest BCUT2D eigenvalue weighted by atomic mass is 10.2. The molecule has 3 nitrogen and oxygen atoms in total. The molecule has 1 aliphatic rings. The number of carbonyl (C=O) groups is 1. The normalized spacial score (nSPS) is 18.9. The van der Waals surface area contributed by atoms with Crippen molar-refractivity contribution in [3.63, 3.8) is 0 Å². The highest BCUT2D eigenvalue weighted by Crippen LogP contribution is 2.08.